The molecule has 0 unspecified atom stereocenters. The maximum atomic E-state index is 13.7. The van der Waals surface area contributed by atoms with Crippen molar-refractivity contribution < 1.29 is 23.4 Å². The van der Waals surface area contributed by atoms with Gasteiger partial charge < -0.3 is 14.8 Å². The molecule has 0 spiro atoms. The van der Waals surface area contributed by atoms with E-state index >= 15 is 0 Å². The third-order valence-corrected chi connectivity index (χ3v) is 7.70. The van der Waals surface area contributed by atoms with Gasteiger partial charge >= 0.3 is 5.97 Å². The van der Waals surface area contributed by atoms with Crippen LogP contribution in [0.25, 0.3) is 22.0 Å². The first-order chi connectivity index (χ1) is 16.3. The number of aliphatic carboxylic acids is 1. The number of aryl methyl sites for hydroxylation is 2. The number of carboxylic acids is 1. The van der Waals surface area contributed by atoms with Gasteiger partial charge in [0.05, 0.1) is 16.9 Å². The van der Waals surface area contributed by atoms with Crippen LogP contribution in [0, 0.1) is 6.92 Å². The summed E-state index contributed by atoms with van der Waals surface area (Å²) in [6, 6.07) is 14.7. The highest BCUT2D eigenvalue weighted by atomic mass is 32.2. The summed E-state index contributed by atoms with van der Waals surface area (Å²) >= 11 is 0. The summed E-state index contributed by atoms with van der Waals surface area (Å²) in [6.07, 6.45) is 0.994. The molecular weight excluding hydrogens is 468 g/mol. The number of nitrogens with zero attached hydrogens (tertiary/aromatic N) is 2. The number of pyridine rings is 1. The van der Waals surface area contributed by atoms with Gasteiger partial charge in [-0.2, -0.15) is 0 Å². The van der Waals surface area contributed by atoms with Gasteiger partial charge in [0.2, 0.25) is 0 Å². The molecule has 0 saturated heterocycles. The largest absolute Gasteiger partial charge is 0.481 e. The van der Waals surface area contributed by atoms with Crippen LogP contribution >= 0.6 is 0 Å². The molecule has 0 fully saturated rings. The van der Waals surface area contributed by atoms with Crippen LogP contribution < -0.4 is 5.56 Å². The number of hydrogen-bond acceptors (Lipinski definition) is 5. The van der Waals surface area contributed by atoms with Crippen molar-refractivity contribution in [3.8, 4) is 11.1 Å². The maximum absolute atomic E-state index is 13.7. The molecule has 2 aromatic carbocycles. The van der Waals surface area contributed by atoms with Gasteiger partial charge in [0, 0.05) is 29.9 Å². The average Bonchev–Trinajstić information content (AvgIpc) is 3.15. The van der Waals surface area contributed by atoms with Crippen molar-refractivity contribution in [1.29, 1.82) is 0 Å². The fraction of sp³-hybridized carbons (Fsp3) is 0.231. The van der Waals surface area contributed by atoms with Gasteiger partial charge in [-0.25, -0.2) is 12.4 Å². The first-order valence-corrected chi connectivity index (χ1v) is 12.4. The second-order valence-corrected chi connectivity index (χ2v) is 10.9. The first-order valence-electron chi connectivity index (χ1n) is 10.9. The highest BCUT2D eigenvalue weighted by Crippen LogP contribution is 2.33. The van der Waals surface area contributed by atoms with Crippen LogP contribution in [0.4, 0.5) is 0 Å². The number of aromatic nitrogens is 2. The van der Waals surface area contributed by atoms with Gasteiger partial charge in [-0.15, -0.1) is 0 Å². The summed E-state index contributed by atoms with van der Waals surface area (Å²) in [4.78, 5) is 24.9. The third-order valence-electron chi connectivity index (χ3n) is 5.94. The lowest BCUT2D eigenvalue weighted by molar-refractivity contribution is -0.136. The molecule has 0 radical (unpaired) electrons. The number of carboxylic acid groups (broad SMARTS) is 1. The molecule has 4 rings (SSSR count). The molecule has 9 heteroatoms. The van der Waals surface area contributed by atoms with Crippen molar-refractivity contribution in [1.82, 2.24) is 8.54 Å². The Labute approximate surface area is 202 Å². The van der Waals surface area contributed by atoms with E-state index in [9.17, 15) is 28.2 Å². The number of fused-ring (bicyclic) bond motifs is 1. The SMILES string of the molecule is Cc1ccc(S(=O)(=O)n2c(CC(=O)O)cc3c(-c4cccc(C(C)(C)O)c4)cn(C)c(=O)c32)cc1. The van der Waals surface area contributed by atoms with Crippen molar-refractivity contribution in [2.75, 3.05) is 0 Å². The van der Waals surface area contributed by atoms with Crippen LogP contribution in [0.1, 0.15) is 30.7 Å². The first kappa shape index (κ1) is 24.4. The Morgan fingerprint density at radius 3 is 2.31 bits per heavy atom. The summed E-state index contributed by atoms with van der Waals surface area (Å²) in [7, 11) is -2.77. The van der Waals surface area contributed by atoms with E-state index in [4.69, 9.17) is 0 Å². The van der Waals surface area contributed by atoms with Crippen LogP contribution in [0.5, 0.6) is 0 Å². The quantitative estimate of drug-likeness (QED) is 0.424. The number of hydrogen-bond donors (Lipinski definition) is 2. The fourth-order valence-corrected chi connectivity index (χ4v) is 5.64. The molecule has 35 heavy (non-hydrogen) atoms. The van der Waals surface area contributed by atoms with E-state index in [0.29, 0.717) is 22.1 Å². The molecule has 182 valence electrons. The smallest absolute Gasteiger partial charge is 0.309 e. The Kier molecular flexibility index (Phi) is 5.94. The lowest BCUT2D eigenvalue weighted by Gasteiger charge is -2.19. The Balaban J connectivity index is 2.11. The van der Waals surface area contributed by atoms with Gasteiger partial charge in [-0.3, -0.25) is 9.59 Å². The normalized spacial score (nSPS) is 12.3. The minimum Gasteiger partial charge on any atom is -0.481 e. The average molecular weight is 495 g/mol. The molecule has 2 aromatic heterocycles. The summed E-state index contributed by atoms with van der Waals surface area (Å²) in [5, 5.41) is 20.3. The van der Waals surface area contributed by atoms with Crippen molar-refractivity contribution in [2.24, 2.45) is 7.05 Å². The van der Waals surface area contributed by atoms with E-state index in [2.05, 4.69) is 0 Å². The topological polar surface area (TPSA) is 119 Å². The molecule has 0 aliphatic carbocycles. The number of rotatable bonds is 6. The fourth-order valence-electron chi connectivity index (χ4n) is 4.11. The minimum atomic E-state index is -4.28. The summed E-state index contributed by atoms with van der Waals surface area (Å²) in [5.41, 5.74) is 0.827. The number of benzene rings is 2. The lowest BCUT2D eigenvalue weighted by atomic mass is 9.94. The Morgan fingerprint density at radius 1 is 1.06 bits per heavy atom. The van der Waals surface area contributed by atoms with Gasteiger partial charge in [0.15, 0.2) is 0 Å². The predicted molar refractivity (Wildman–Crippen MR) is 133 cm³/mol. The molecule has 0 saturated carbocycles. The van der Waals surface area contributed by atoms with E-state index in [1.807, 2.05) is 6.92 Å². The van der Waals surface area contributed by atoms with Gasteiger partial charge in [0.1, 0.15) is 5.52 Å². The van der Waals surface area contributed by atoms with E-state index in [1.54, 1.807) is 56.4 Å². The van der Waals surface area contributed by atoms with Crippen molar-refractivity contribution in [2.45, 2.75) is 37.7 Å². The van der Waals surface area contributed by atoms with E-state index in [0.717, 1.165) is 9.54 Å². The van der Waals surface area contributed by atoms with Crippen LogP contribution in [0.3, 0.4) is 0 Å². The van der Waals surface area contributed by atoms with Crippen molar-refractivity contribution in [3.63, 3.8) is 0 Å². The molecule has 0 amide bonds. The molecule has 2 heterocycles. The number of carbonyl (C=O) groups is 1. The van der Waals surface area contributed by atoms with Gasteiger partial charge in [-0.1, -0.05) is 35.9 Å². The standard InChI is InChI=1S/C26H26N2O6S/c1-16-8-10-20(11-9-16)35(33,34)28-19(14-23(29)30)13-21-22(15-27(4)25(31)24(21)28)17-6-5-7-18(12-17)26(2,3)32/h5-13,15,32H,14H2,1-4H3,(H,29,30). The minimum absolute atomic E-state index is 0.0312. The Morgan fingerprint density at radius 2 is 1.71 bits per heavy atom. The summed E-state index contributed by atoms with van der Waals surface area (Å²) < 4.78 is 29.5. The zero-order chi connectivity index (χ0) is 25.7. The van der Waals surface area contributed by atoms with Crippen molar-refractivity contribution in [3.05, 3.63) is 88.0 Å². The molecule has 0 aliphatic heterocycles. The van der Waals surface area contributed by atoms with Crippen molar-refractivity contribution >= 4 is 26.9 Å². The van der Waals surface area contributed by atoms with E-state index < -0.39 is 33.6 Å². The third kappa shape index (κ3) is 4.40. The summed E-state index contributed by atoms with van der Waals surface area (Å²) in [5.74, 6) is -1.23. The second-order valence-electron chi connectivity index (χ2n) is 9.15. The maximum Gasteiger partial charge on any atom is 0.309 e. The zero-order valence-corrected chi connectivity index (χ0v) is 20.6. The van der Waals surface area contributed by atoms with Crippen LogP contribution in [0.2, 0.25) is 0 Å². The molecule has 4 aromatic rings. The van der Waals surface area contributed by atoms with E-state index in [-0.39, 0.29) is 16.1 Å². The highest BCUT2D eigenvalue weighted by molar-refractivity contribution is 7.90. The zero-order valence-electron chi connectivity index (χ0n) is 19.8. The van der Waals surface area contributed by atoms with Crippen LogP contribution in [0.15, 0.2) is 70.5 Å². The van der Waals surface area contributed by atoms with Gasteiger partial charge in [-0.05, 0) is 56.2 Å². The summed E-state index contributed by atoms with van der Waals surface area (Å²) in [6.45, 7) is 5.12. The molecule has 8 nitrogen and oxygen atoms in total. The molecule has 0 bridgehead atoms. The highest BCUT2D eigenvalue weighted by Gasteiger charge is 2.28. The van der Waals surface area contributed by atoms with Gasteiger partial charge in [0.25, 0.3) is 15.6 Å². The molecular formula is C26H26N2O6S. The molecule has 2 N–H and O–H groups in total. The Hall–Kier alpha value is -3.69. The molecule has 0 aliphatic rings. The monoisotopic (exact) mass is 494 g/mol. The van der Waals surface area contributed by atoms with E-state index in [1.165, 1.54) is 29.8 Å². The lowest BCUT2D eigenvalue weighted by Crippen LogP contribution is -2.24. The van der Waals surface area contributed by atoms with Crippen LogP contribution in [-0.2, 0) is 33.9 Å². The molecule has 0 atom stereocenters. The van der Waals surface area contributed by atoms with Crippen LogP contribution in [-0.4, -0.2) is 33.1 Å². The number of aliphatic hydroxyl groups is 1. The predicted octanol–water partition coefficient (Wildman–Crippen LogP) is 3.41. The second kappa shape index (κ2) is 8.51. The Bertz CT molecular complexity index is 1620.